The number of hydrogen-bond acceptors (Lipinski definition) is 4. The maximum absolute atomic E-state index is 13.7. The first kappa shape index (κ1) is 18.5. The van der Waals surface area contributed by atoms with Gasteiger partial charge in [0.15, 0.2) is 0 Å². The van der Waals surface area contributed by atoms with Gasteiger partial charge < -0.3 is 15.1 Å². The van der Waals surface area contributed by atoms with Gasteiger partial charge in [-0.1, -0.05) is 13.8 Å². The van der Waals surface area contributed by atoms with Crippen molar-refractivity contribution in [3.8, 4) is 6.07 Å². The molecule has 1 fully saturated rings. The van der Waals surface area contributed by atoms with Crippen molar-refractivity contribution in [1.82, 2.24) is 0 Å². The Bertz CT molecular complexity index is 668. The second-order valence-electron chi connectivity index (χ2n) is 6.75. The average molecular weight is 346 g/mol. The fourth-order valence-corrected chi connectivity index (χ4v) is 3.06. The van der Waals surface area contributed by atoms with Crippen molar-refractivity contribution < 1.29 is 27.8 Å². The van der Waals surface area contributed by atoms with E-state index in [2.05, 4.69) is 0 Å². The van der Waals surface area contributed by atoms with Crippen LogP contribution in [0.15, 0.2) is 12.1 Å². The number of aliphatic hydroxyl groups excluding tert-OH is 2. The molecule has 2 N–H and O–H groups in total. The summed E-state index contributed by atoms with van der Waals surface area (Å²) in [4.78, 5) is 1.49. The molecule has 0 unspecified atom stereocenters. The summed E-state index contributed by atoms with van der Waals surface area (Å²) >= 11 is 0. The quantitative estimate of drug-likeness (QED) is 0.826. The van der Waals surface area contributed by atoms with E-state index in [4.69, 9.17) is 5.26 Å². The van der Waals surface area contributed by atoms with Gasteiger partial charge in [0.2, 0.25) is 0 Å². The molecule has 24 heavy (non-hydrogen) atoms. The van der Waals surface area contributed by atoms with Gasteiger partial charge in [0, 0.05) is 23.9 Å². The van der Waals surface area contributed by atoms with E-state index >= 15 is 0 Å². The number of alkyl halides is 3. The van der Waals surface area contributed by atoms with Crippen LogP contribution in [-0.4, -0.2) is 36.5 Å². The van der Waals surface area contributed by atoms with Crippen molar-refractivity contribution in [3.05, 3.63) is 29.1 Å². The first-order valence-electron chi connectivity index (χ1n) is 7.29. The maximum atomic E-state index is 13.7. The molecule has 1 aromatic rings. The highest BCUT2D eigenvalue weighted by Gasteiger charge is 2.52. The fourth-order valence-electron chi connectivity index (χ4n) is 3.06. The van der Waals surface area contributed by atoms with Crippen molar-refractivity contribution in [2.24, 2.45) is 10.8 Å². The first-order chi connectivity index (χ1) is 11.0. The van der Waals surface area contributed by atoms with E-state index < -0.39 is 28.4 Å². The summed E-state index contributed by atoms with van der Waals surface area (Å²) in [5.74, 6) is -1.50. The Hall–Kier alpha value is -1.85. The van der Waals surface area contributed by atoms with Gasteiger partial charge in [-0.25, -0.2) is 4.39 Å². The van der Waals surface area contributed by atoms with Crippen LogP contribution < -0.4 is 4.90 Å². The van der Waals surface area contributed by atoms with Gasteiger partial charge in [-0.05, 0) is 12.1 Å². The molecular weight excluding hydrogens is 328 g/mol. The minimum atomic E-state index is -4.88. The first-order valence-corrected chi connectivity index (χ1v) is 7.29. The summed E-state index contributed by atoms with van der Waals surface area (Å²) in [6.07, 6.45) is -4.88. The topological polar surface area (TPSA) is 67.5 Å². The third kappa shape index (κ3) is 2.82. The van der Waals surface area contributed by atoms with Crippen LogP contribution in [0.1, 0.15) is 25.0 Å². The molecule has 0 aliphatic carbocycles. The Labute approximate surface area is 136 Å². The zero-order chi connectivity index (χ0) is 18.3. The predicted molar refractivity (Wildman–Crippen MR) is 78.7 cm³/mol. The molecule has 1 saturated heterocycles. The van der Waals surface area contributed by atoms with Crippen molar-refractivity contribution in [1.29, 1.82) is 5.26 Å². The molecule has 1 aliphatic rings. The molecule has 0 aromatic heterocycles. The van der Waals surface area contributed by atoms with E-state index in [0.29, 0.717) is 12.1 Å². The molecule has 1 aromatic carbocycles. The Morgan fingerprint density at radius 1 is 1.17 bits per heavy atom. The second kappa shape index (κ2) is 5.90. The van der Waals surface area contributed by atoms with Crippen LogP contribution in [0, 0.1) is 28.0 Å². The van der Waals surface area contributed by atoms with Crippen LogP contribution in [-0.2, 0) is 6.18 Å². The lowest BCUT2D eigenvalue weighted by molar-refractivity contribution is -0.139. The Morgan fingerprint density at radius 3 is 2.04 bits per heavy atom. The van der Waals surface area contributed by atoms with Crippen molar-refractivity contribution >= 4 is 5.69 Å². The molecule has 0 radical (unpaired) electrons. The Balaban J connectivity index is 2.56. The van der Waals surface area contributed by atoms with E-state index in [0.717, 1.165) is 0 Å². The van der Waals surface area contributed by atoms with Crippen molar-refractivity contribution in [2.45, 2.75) is 20.0 Å². The van der Waals surface area contributed by atoms with Gasteiger partial charge in [0.25, 0.3) is 0 Å². The summed E-state index contributed by atoms with van der Waals surface area (Å²) in [6.45, 7) is 3.13. The summed E-state index contributed by atoms with van der Waals surface area (Å²) in [7, 11) is 0. The van der Waals surface area contributed by atoms with Gasteiger partial charge >= 0.3 is 6.18 Å². The minimum Gasteiger partial charge on any atom is -0.396 e. The number of halogens is 4. The van der Waals surface area contributed by atoms with Crippen LogP contribution >= 0.6 is 0 Å². The molecule has 8 heteroatoms. The van der Waals surface area contributed by atoms with Crippen molar-refractivity contribution in [3.63, 3.8) is 0 Å². The largest absolute Gasteiger partial charge is 0.419 e. The number of anilines is 1. The molecule has 1 heterocycles. The third-order valence-electron chi connectivity index (χ3n) is 5.09. The average Bonchev–Trinajstić information content (AvgIpc) is 2.78. The molecule has 4 nitrogen and oxygen atoms in total. The van der Waals surface area contributed by atoms with E-state index in [9.17, 15) is 27.8 Å². The van der Waals surface area contributed by atoms with Gasteiger partial charge in [0.05, 0.1) is 30.0 Å². The lowest BCUT2D eigenvalue weighted by Crippen LogP contribution is -2.41. The van der Waals surface area contributed by atoms with Gasteiger partial charge in [-0.15, -0.1) is 0 Å². The van der Waals surface area contributed by atoms with E-state index in [-0.39, 0.29) is 37.6 Å². The highest BCUT2D eigenvalue weighted by molar-refractivity contribution is 5.62. The SMILES string of the molecule is C[C@]1(CO)CN(c2cc(C(F)(F)F)c(F)cc2C#N)C[C@@]1(C)CO. The Morgan fingerprint density at radius 2 is 1.67 bits per heavy atom. The molecule has 0 saturated carbocycles. The number of aliphatic hydroxyl groups is 2. The van der Waals surface area contributed by atoms with E-state index in [1.807, 2.05) is 0 Å². The maximum Gasteiger partial charge on any atom is 0.419 e. The monoisotopic (exact) mass is 346 g/mol. The van der Waals surface area contributed by atoms with Gasteiger partial charge in [-0.3, -0.25) is 0 Å². The number of rotatable bonds is 3. The summed E-state index contributed by atoms with van der Waals surface area (Å²) < 4.78 is 52.6. The zero-order valence-electron chi connectivity index (χ0n) is 13.3. The minimum absolute atomic E-state index is 0.0527. The summed E-state index contributed by atoms with van der Waals surface area (Å²) in [5, 5.41) is 28.5. The van der Waals surface area contributed by atoms with Crippen LogP contribution in [0.2, 0.25) is 0 Å². The molecule has 0 bridgehead atoms. The molecule has 132 valence electrons. The highest BCUT2D eigenvalue weighted by Crippen LogP contribution is 2.48. The van der Waals surface area contributed by atoms with E-state index in [1.54, 1.807) is 19.9 Å². The lowest BCUT2D eigenvalue weighted by Gasteiger charge is -2.36. The van der Waals surface area contributed by atoms with Crippen LogP contribution in [0.5, 0.6) is 0 Å². The summed E-state index contributed by atoms with van der Waals surface area (Å²) in [6, 6.07) is 2.90. The number of nitriles is 1. The Kier molecular flexibility index (Phi) is 4.55. The molecular formula is C16H18F4N2O2. The number of hydrogen-bond donors (Lipinski definition) is 2. The van der Waals surface area contributed by atoms with Gasteiger partial charge in [-0.2, -0.15) is 18.4 Å². The standard InChI is InChI=1S/C16H18F4N2O2/c1-14(8-23)6-22(7-15(14,2)9-24)13-4-11(16(18,19)20)12(17)3-10(13)5-21/h3-4,23-24H,6-9H2,1-2H3/t14-,15+. The highest BCUT2D eigenvalue weighted by atomic mass is 19.4. The smallest absolute Gasteiger partial charge is 0.396 e. The predicted octanol–water partition coefficient (Wildman–Crippen LogP) is 2.53. The van der Waals surface area contributed by atoms with Crippen LogP contribution in [0.3, 0.4) is 0 Å². The van der Waals surface area contributed by atoms with Crippen LogP contribution in [0.4, 0.5) is 23.2 Å². The fraction of sp³-hybridized carbons (Fsp3) is 0.562. The zero-order valence-corrected chi connectivity index (χ0v) is 13.3. The lowest BCUT2D eigenvalue weighted by atomic mass is 9.69. The molecule has 0 spiro atoms. The molecule has 2 atom stereocenters. The number of nitrogens with zero attached hydrogens (tertiary/aromatic N) is 2. The van der Waals surface area contributed by atoms with Crippen molar-refractivity contribution in [2.75, 3.05) is 31.2 Å². The molecule has 1 aliphatic heterocycles. The normalized spacial score (nSPS) is 27.4. The second-order valence-corrected chi connectivity index (χ2v) is 6.75. The summed E-state index contributed by atoms with van der Waals surface area (Å²) in [5.41, 5.74) is -3.27. The molecule has 2 rings (SSSR count). The molecule has 0 amide bonds. The van der Waals surface area contributed by atoms with Gasteiger partial charge in [0.1, 0.15) is 11.9 Å². The van der Waals surface area contributed by atoms with E-state index in [1.165, 1.54) is 4.90 Å². The number of benzene rings is 1. The third-order valence-corrected chi connectivity index (χ3v) is 5.09. The van der Waals surface area contributed by atoms with Crippen LogP contribution in [0.25, 0.3) is 0 Å².